The van der Waals surface area contributed by atoms with Crippen LogP contribution in [0, 0.1) is 5.41 Å². The van der Waals surface area contributed by atoms with Crippen LogP contribution in [0.15, 0.2) is 0 Å². The molecule has 0 bridgehead atoms. The molecule has 3 nitrogen and oxygen atoms in total. The summed E-state index contributed by atoms with van der Waals surface area (Å²) in [5.74, 6) is -0.642. The van der Waals surface area contributed by atoms with Crippen LogP contribution >= 0.6 is 0 Å². The van der Waals surface area contributed by atoms with Gasteiger partial charge in [0.2, 0.25) is 0 Å². The molecule has 2 rings (SSSR count). The third-order valence-electron chi connectivity index (χ3n) is 4.42. The maximum Gasteiger partial charge on any atom is 0.303 e. The molecule has 1 saturated heterocycles. The van der Waals surface area contributed by atoms with E-state index < -0.39 is 5.97 Å². The fraction of sp³-hybridized carbons (Fsp3) is 0.923. The van der Waals surface area contributed by atoms with E-state index in [1.165, 1.54) is 25.7 Å². The average molecular weight is 225 g/mol. The lowest BCUT2D eigenvalue weighted by Gasteiger charge is -2.41. The van der Waals surface area contributed by atoms with Crippen LogP contribution in [0.25, 0.3) is 0 Å². The van der Waals surface area contributed by atoms with Crippen molar-refractivity contribution in [2.24, 2.45) is 5.41 Å². The average Bonchev–Trinajstić information content (AvgIpc) is 2.70. The van der Waals surface area contributed by atoms with E-state index in [0.717, 1.165) is 32.0 Å². The molecular formula is C13H23NO2. The second-order valence-electron chi connectivity index (χ2n) is 5.86. The third kappa shape index (κ3) is 2.76. The van der Waals surface area contributed by atoms with Gasteiger partial charge in [-0.25, -0.2) is 0 Å². The van der Waals surface area contributed by atoms with Crippen molar-refractivity contribution in [3.8, 4) is 0 Å². The van der Waals surface area contributed by atoms with Gasteiger partial charge in [-0.15, -0.1) is 0 Å². The van der Waals surface area contributed by atoms with E-state index >= 15 is 0 Å². The van der Waals surface area contributed by atoms with E-state index in [1.54, 1.807) is 0 Å². The summed E-state index contributed by atoms with van der Waals surface area (Å²) >= 11 is 0. The molecule has 1 saturated carbocycles. The van der Waals surface area contributed by atoms with Crippen LogP contribution in [0.1, 0.15) is 51.9 Å². The highest BCUT2D eigenvalue weighted by Crippen LogP contribution is 2.36. The summed E-state index contributed by atoms with van der Waals surface area (Å²) in [5, 5.41) is 8.89. The molecule has 3 heteroatoms. The molecule has 0 aromatic heterocycles. The second-order valence-corrected chi connectivity index (χ2v) is 5.86. The zero-order valence-electron chi connectivity index (χ0n) is 10.2. The Kier molecular flexibility index (Phi) is 3.53. The smallest absolute Gasteiger partial charge is 0.303 e. The Morgan fingerprint density at radius 3 is 2.38 bits per heavy atom. The fourth-order valence-corrected chi connectivity index (χ4v) is 3.24. The van der Waals surface area contributed by atoms with Crippen LogP contribution in [0.2, 0.25) is 0 Å². The summed E-state index contributed by atoms with van der Waals surface area (Å²) in [7, 11) is 0. The first kappa shape index (κ1) is 11.9. The molecule has 0 spiro atoms. The molecule has 1 aliphatic heterocycles. The van der Waals surface area contributed by atoms with Crippen LogP contribution < -0.4 is 0 Å². The largest absolute Gasteiger partial charge is 0.481 e. The molecular weight excluding hydrogens is 202 g/mol. The molecule has 92 valence electrons. The SMILES string of the molecule is CC1(CC(=O)O)CCN(C2CCCC2)CC1. The lowest BCUT2D eigenvalue weighted by Crippen LogP contribution is -2.44. The molecule has 1 heterocycles. The second kappa shape index (κ2) is 4.74. The Balaban J connectivity index is 1.83. The van der Waals surface area contributed by atoms with Crippen molar-refractivity contribution in [1.29, 1.82) is 0 Å². The zero-order chi connectivity index (χ0) is 11.6. The Hall–Kier alpha value is -0.570. The number of nitrogens with zero attached hydrogens (tertiary/aromatic N) is 1. The molecule has 1 N–H and O–H groups in total. The normalized spacial score (nSPS) is 27.1. The van der Waals surface area contributed by atoms with Crippen molar-refractivity contribution in [2.75, 3.05) is 13.1 Å². The first-order valence-electron chi connectivity index (χ1n) is 6.55. The Morgan fingerprint density at radius 2 is 1.88 bits per heavy atom. The number of carboxylic acids is 1. The Labute approximate surface area is 97.8 Å². The molecule has 0 atom stereocenters. The van der Waals surface area contributed by atoms with Gasteiger partial charge in [-0.3, -0.25) is 4.79 Å². The van der Waals surface area contributed by atoms with E-state index in [2.05, 4.69) is 11.8 Å². The molecule has 1 aliphatic carbocycles. The number of hydrogen-bond acceptors (Lipinski definition) is 2. The van der Waals surface area contributed by atoms with Crippen molar-refractivity contribution in [3.05, 3.63) is 0 Å². The fourth-order valence-electron chi connectivity index (χ4n) is 3.24. The minimum Gasteiger partial charge on any atom is -0.481 e. The van der Waals surface area contributed by atoms with E-state index in [-0.39, 0.29) is 5.41 Å². The van der Waals surface area contributed by atoms with Crippen LogP contribution in [0.5, 0.6) is 0 Å². The summed E-state index contributed by atoms with van der Waals surface area (Å²) in [4.78, 5) is 13.4. The number of carbonyl (C=O) groups is 1. The van der Waals surface area contributed by atoms with Crippen molar-refractivity contribution < 1.29 is 9.90 Å². The highest BCUT2D eigenvalue weighted by molar-refractivity contribution is 5.67. The quantitative estimate of drug-likeness (QED) is 0.802. The predicted molar refractivity (Wildman–Crippen MR) is 63.4 cm³/mol. The van der Waals surface area contributed by atoms with Gasteiger partial charge in [-0.2, -0.15) is 0 Å². The monoisotopic (exact) mass is 225 g/mol. The van der Waals surface area contributed by atoms with Gasteiger partial charge in [-0.1, -0.05) is 19.8 Å². The van der Waals surface area contributed by atoms with Gasteiger partial charge >= 0.3 is 5.97 Å². The third-order valence-corrected chi connectivity index (χ3v) is 4.42. The summed E-state index contributed by atoms with van der Waals surface area (Å²) in [6, 6.07) is 0.800. The van der Waals surface area contributed by atoms with Crippen molar-refractivity contribution in [3.63, 3.8) is 0 Å². The van der Waals surface area contributed by atoms with E-state index in [0.29, 0.717) is 6.42 Å². The minimum atomic E-state index is -0.642. The standard InChI is InChI=1S/C13H23NO2/c1-13(10-12(15)16)6-8-14(9-7-13)11-4-2-3-5-11/h11H,2-10H2,1H3,(H,15,16). The number of carboxylic acid groups (broad SMARTS) is 1. The maximum atomic E-state index is 10.8. The zero-order valence-corrected chi connectivity index (χ0v) is 10.2. The number of hydrogen-bond donors (Lipinski definition) is 1. The van der Waals surface area contributed by atoms with Gasteiger partial charge < -0.3 is 10.0 Å². The number of rotatable bonds is 3. The van der Waals surface area contributed by atoms with Crippen molar-refractivity contribution >= 4 is 5.97 Å². The van der Waals surface area contributed by atoms with Crippen LogP contribution in [0.4, 0.5) is 0 Å². The van der Waals surface area contributed by atoms with E-state index in [9.17, 15) is 4.79 Å². The first-order chi connectivity index (χ1) is 7.59. The number of likely N-dealkylation sites (tertiary alicyclic amines) is 1. The molecule has 2 aliphatic rings. The van der Waals surface area contributed by atoms with E-state index in [1.807, 2.05) is 0 Å². The lowest BCUT2D eigenvalue weighted by atomic mass is 9.77. The van der Waals surface area contributed by atoms with Gasteiger partial charge in [0, 0.05) is 6.04 Å². The van der Waals surface area contributed by atoms with Crippen LogP contribution in [-0.4, -0.2) is 35.1 Å². The van der Waals surface area contributed by atoms with Gasteiger partial charge in [0.15, 0.2) is 0 Å². The Morgan fingerprint density at radius 1 is 1.31 bits per heavy atom. The molecule has 0 radical (unpaired) electrons. The summed E-state index contributed by atoms with van der Waals surface area (Å²) in [6.45, 7) is 4.34. The van der Waals surface area contributed by atoms with Crippen molar-refractivity contribution in [1.82, 2.24) is 4.90 Å². The molecule has 0 aromatic rings. The predicted octanol–water partition coefficient (Wildman–Crippen LogP) is 2.51. The lowest BCUT2D eigenvalue weighted by molar-refractivity contribution is -0.140. The first-order valence-corrected chi connectivity index (χ1v) is 6.55. The molecule has 0 aromatic carbocycles. The molecule has 0 unspecified atom stereocenters. The minimum absolute atomic E-state index is 0.0426. The maximum absolute atomic E-state index is 10.8. The molecule has 16 heavy (non-hydrogen) atoms. The topological polar surface area (TPSA) is 40.5 Å². The molecule has 2 fully saturated rings. The Bertz CT molecular complexity index is 251. The van der Waals surface area contributed by atoms with Crippen molar-refractivity contribution in [2.45, 2.75) is 57.9 Å². The highest BCUT2D eigenvalue weighted by atomic mass is 16.4. The van der Waals surface area contributed by atoms with Gasteiger partial charge in [0.05, 0.1) is 6.42 Å². The molecule has 0 amide bonds. The van der Waals surface area contributed by atoms with Gasteiger partial charge in [0.25, 0.3) is 0 Å². The van der Waals surface area contributed by atoms with E-state index in [4.69, 9.17) is 5.11 Å². The van der Waals surface area contributed by atoms with Crippen LogP contribution in [-0.2, 0) is 4.79 Å². The van der Waals surface area contributed by atoms with Gasteiger partial charge in [-0.05, 0) is 44.2 Å². The number of piperidine rings is 1. The van der Waals surface area contributed by atoms with Gasteiger partial charge in [0.1, 0.15) is 0 Å². The highest BCUT2D eigenvalue weighted by Gasteiger charge is 2.34. The van der Waals surface area contributed by atoms with Crippen LogP contribution in [0.3, 0.4) is 0 Å². The summed E-state index contributed by atoms with van der Waals surface area (Å²) < 4.78 is 0. The summed E-state index contributed by atoms with van der Waals surface area (Å²) in [5.41, 5.74) is 0.0426. The number of aliphatic carboxylic acids is 1. The summed E-state index contributed by atoms with van der Waals surface area (Å²) in [6.07, 6.45) is 7.92.